The minimum Gasteiger partial charge on any atom is -0.480 e. The fourth-order valence-corrected chi connectivity index (χ4v) is 2.56. The molecule has 0 bridgehead atoms. The van der Waals surface area contributed by atoms with Crippen LogP contribution in [0.2, 0.25) is 0 Å². The van der Waals surface area contributed by atoms with Gasteiger partial charge in [0.05, 0.1) is 0 Å². The topological polar surface area (TPSA) is 69.6 Å². The molecule has 0 radical (unpaired) electrons. The minimum atomic E-state index is -0.887. The third kappa shape index (κ3) is 4.73. The Bertz CT molecular complexity index is 307. The number of rotatable bonds is 6. The van der Waals surface area contributed by atoms with Crippen LogP contribution >= 0.6 is 0 Å². The fraction of sp³-hybridized carbons (Fsp3) is 0.857. The van der Waals surface area contributed by atoms with Gasteiger partial charge in [0, 0.05) is 13.1 Å². The Hall–Kier alpha value is -1.26. The molecule has 110 valence electrons. The molecule has 1 saturated heterocycles. The molecule has 1 rings (SSSR count). The van der Waals surface area contributed by atoms with Crippen molar-refractivity contribution in [1.29, 1.82) is 0 Å². The van der Waals surface area contributed by atoms with E-state index in [2.05, 4.69) is 19.2 Å². The highest BCUT2D eigenvalue weighted by Crippen LogP contribution is 2.25. The van der Waals surface area contributed by atoms with Crippen molar-refractivity contribution >= 4 is 12.0 Å². The standard InChI is InChI=1S/C14H26N2O3/c1-3-5-6-8-15-14(19)16-9-7-11(4-2)10-12(16)13(17)18/h11-12H,3-10H2,1-2H3,(H,15,19)(H,17,18). The van der Waals surface area contributed by atoms with Crippen LogP contribution in [0.5, 0.6) is 0 Å². The van der Waals surface area contributed by atoms with E-state index in [1.165, 1.54) is 4.90 Å². The van der Waals surface area contributed by atoms with Gasteiger partial charge in [0.25, 0.3) is 0 Å². The Labute approximate surface area is 115 Å². The van der Waals surface area contributed by atoms with E-state index in [-0.39, 0.29) is 6.03 Å². The maximum absolute atomic E-state index is 12.0. The molecule has 1 heterocycles. The number of aliphatic carboxylic acids is 1. The fourth-order valence-electron chi connectivity index (χ4n) is 2.56. The number of urea groups is 1. The molecule has 5 heteroatoms. The third-order valence-corrected chi connectivity index (χ3v) is 3.89. The first-order valence-electron chi connectivity index (χ1n) is 7.37. The molecule has 19 heavy (non-hydrogen) atoms. The highest BCUT2D eigenvalue weighted by Gasteiger charge is 2.35. The van der Waals surface area contributed by atoms with Crippen LogP contribution in [-0.4, -0.2) is 41.1 Å². The maximum atomic E-state index is 12.0. The molecule has 0 saturated carbocycles. The van der Waals surface area contributed by atoms with Crippen molar-refractivity contribution in [2.24, 2.45) is 5.92 Å². The van der Waals surface area contributed by atoms with Gasteiger partial charge >= 0.3 is 12.0 Å². The second-order valence-corrected chi connectivity index (χ2v) is 5.29. The highest BCUT2D eigenvalue weighted by atomic mass is 16.4. The Morgan fingerprint density at radius 2 is 2.05 bits per heavy atom. The van der Waals surface area contributed by atoms with Gasteiger partial charge < -0.3 is 15.3 Å². The Kier molecular flexibility index (Phi) is 6.67. The lowest BCUT2D eigenvalue weighted by atomic mass is 9.89. The zero-order valence-electron chi connectivity index (χ0n) is 12.0. The number of unbranched alkanes of at least 4 members (excludes halogenated alkanes) is 2. The lowest BCUT2D eigenvalue weighted by Gasteiger charge is -2.36. The van der Waals surface area contributed by atoms with Gasteiger partial charge in [-0.2, -0.15) is 0 Å². The molecule has 0 spiro atoms. The van der Waals surface area contributed by atoms with Crippen LogP contribution in [0.3, 0.4) is 0 Å². The molecule has 1 fully saturated rings. The van der Waals surface area contributed by atoms with Gasteiger partial charge in [0.15, 0.2) is 0 Å². The smallest absolute Gasteiger partial charge is 0.326 e. The van der Waals surface area contributed by atoms with E-state index >= 15 is 0 Å². The molecular formula is C14H26N2O3. The first kappa shape index (κ1) is 15.8. The van der Waals surface area contributed by atoms with Crippen molar-refractivity contribution in [3.05, 3.63) is 0 Å². The molecule has 0 aromatic rings. The summed E-state index contributed by atoms with van der Waals surface area (Å²) in [7, 11) is 0. The summed E-state index contributed by atoms with van der Waals surface area (Å²) in [5.41, 5.74) is 0. The molecule has 2 N–H and O–H groups in total. The summed E-state index contributed by atoms with van der Waals surface area (Å²) in [6.45, 7) is 5.36. The Balaban J connectivity index is 2.49. The number of nitrogens with one attached hydrogen (secondary N) is 1. The molecule has 1 aliphatic heterocycles. The predicted octanol–water partition coefficient (Wildman–Crippen LogP) is 2.46. The molecule has 0 aromatic carbocycles. The summed E-state index contributed by atoms with van der Waals surface area (Å²) in [6, 6.07) is -0.886. The van der Waals surface area contributed by atoms with Gasteiger partial charge in [-0.15, -0.1) is 0 Å². The first-order valence-corrected chi connectivity index (χ1v) is 7.37. The van der Waals surface area contributed by atoms with Crippen LogP contribution in [0.15, 0.2) is 0 Å². The number of carbonyl (C=O) groups is 2. The summed E-state index contributed by atoms with van der Waals surface area (Å²) in [5, 5.41) is 12.1. The molecule has 0 aromatic heterocycles. The molecule has 1 aliphatic rings. The number of hydrogen-bond donors (Lipinski definition) is 2. The van der Waals surface area contributed by atoms with Crippen molar-refractivity contribution in [2.45, 2.75) is 58.4 Å². The number of hydrogen-bond acceptors (Lipinski definition) is 2. The molecular weight excluding hydrogens is 244 g/mol. The number of piperidine rings is 1. The Morgan fingerprint density at radius 3 is 2.63 bits per heavy atom. The van der Waals surface area contributed by atoms with Crippen LogP contribution in [0, 0.1) is 5.92 Å². The predicted molar refractivity (Wildman–Crippen MR) is 74.1 cm³/mol. The second kappa shape index (κ2) is 8.02. The number of carbonyl (C=O) groups excluding carboxylic acids is 1. The van der Waals surface area contributed by atoms with Crippen LogP contribution < -0.4 is 5.32 Å². The number of nitrogens with zero attached hydrogens (tertiary/aromatic N) is 1. The third-order valence-electron chi connectivity index (χ3n) is 3.89. The number of carboxylic acid groups (broad SMARTS) is 1. The quantitative estimate of drug-likeness (QED) is 0.728. The van der Waals surface area contributed by atoms with E-state index in [9.17, 15) is 14.7 Å². The SMILES string of the molecule is CCCCCNC(=O)N1CCC(CC)CC1C(=O)O. The largest absolute Gasteiger partial charge is 0.480 e. The van der Waals surface area contributed by atoms with Gasteiger partial charge in [-0.05, 0) is 25.2 Å². The molecule has 5 nitrogen and oxygen atoms in total. The lowest BCUT2D eigenvalue weighted by molar-refractivity contribution is -0.144. The highest BCUT2D eigenvalue weighted by molar-refractivity contribution is 5.82. The number of amides is 2. The lowest BCUT2D eigenvalue weighted by Crippen LogP contribution is -2.53. The molecule has 2 unspecified atom stereocenters. The van der Waals surface area contributed by atoms with Crippen LogP contribution in [0.25, 0.3) is 0 Å². The molecule has 2 atom stereocenters. The average molecular weight is 270 g/mol. The molecule has 2 amide bonds. The van der Waals surface area contributed by atoms with Gasteiger partial charge in [0.2, 0.25) is 0 Å². The van der Waals surface area contributed by atoms with E-state index in [0.717, 1.165) is 32.1 Å². The molecule has 0 aliphatic carbocycles. The van der Waals surface area contributed by atoms with E-state index in [4.69, 9.17) is 0 Å². The summed E-state index contributed by atoms with van der Waals surface area (Å²) >= 11 is 0. The van der Waals surface area contributed by atoms with Gasteiger partial charge in [0.1, 0.15) is 6.04 Å². The van der Waals surface area contributed by atoms with Crippen LogP contribution in [0.1, 0.15) is 52.4 Å². The van der Waals surface area contributed by atoms with Crippen molar-refractivity contribution in [3.63, 3.8) is 0 Å². The summed E-state index contributed by atoms with van der Waals surface area (Å²) in [5.74, 6) is -0.466. The maximum Gasteiger partial charge on any atom is 0.326 e. The van der Waals surface area contributed by atoms with Crippen molar-refractivity contribution in [3.8, 4) is 0 Å². The zero-order chi connectivity index (χ0) is 14.3. The summed E-state index contributed by atoms with van der Waals surface area (Å²) in [4.78, 5) is 24.8. The second-order valence-electron chi connectivity index (χ2n) is 5.29. The monoisotopic (exact) mass is 270 g/mol. The van der Waals surface area contributed by atoms with Crippen molar-refractivity contribution in [2.75, 3.05) is 13.1 Å². The zero-order valence-corrected chi connectivity index (χ0v) is 12.0. The van der Waals surface area contributed by atoms with Crippen molar-refractivity contribution in [1.82, 2.24) is 10.2 Å². The van der Waals surface area contributed by atoms with E-state index in [0.29, 0.717) is 25.4 Å². The number of likely N-dealkylation sites (tertiary alicyclic amines) is 1. The van der Waals surface area contributed by atoms with Gasteiger partial charge in [-0.25, -0.2) is 9.59 Å². The van der Waals surface area contributed by atoms with Crippen LogP contribution in [0.4, 0.5) is 4.79 Å². The van der Waals surface area contributed by atoms with Gasteiger partial charge in [-0.3, -0.25) is 0 Å². The normalized spacial score (nSPS) is 23.2. The van der Waals surface area contributed by atoms with E-state index < -0.39 is 12.0 Å². The minimum absolute atomic E-state index is 0.224. The summed E-state index contributed by atoms with van der Waals surface area (Å²) < 4.78 is 0. The average Bonchev–Trinajstić information content (AvgIpc) is 2.42. The van der Waals surface area contributed by atoms with Crippen molar-refractivity contribution < 1.29 is 14.7 Å². The van der Waals surface area contributed by atoms with E-state index in [1.807, 2.05) is 0 Å². The Morgan fingerprint density at radius 1 is 1.32 bits per heavy atom. The van der Waals surface area contributed by atoms with Gasteiger partial charge in [-0.1, -0.05) is 33.1 Å². The van der Waals surface area contributed by atoms with E-state index in [1.54, 1.807) is 0 Å². The number of carboxylic acids is 1. The summed E-state index contributed by atoms with van der Waals surface area (Å²) in [6.07, 6.45) is 5.61. The van der Waals surface area contributed by atoms with Crippen LogP contribution in [-0.2, 0) is 4.79 Å². The first-order chi connectivity index (χ1) is 9.10.